The number of esters is 1. The van der Waals surface area contributed by atoms with Gasteiger partial charge in [0.05, 0.1) is 10.5 Å². The van der Waals surface area contributed by atoms with E-state index in [1.807, 2.05) is 0 Å². The number of non-ortho nitro benzene ring substituents is 1. The first kappa shape index (κ1) is 10.6. The van der Waals surface area contributed by atoms with Crippen LogP contribution in [0.25, 0.3) is 0 Å². The first-order valence-electron chi connectivity index (χ1n) is 4.62. The number of nitro benzene ring substituents is 1. The van der Waals surface area contributed by atoms with Gasteiger partial charge in [-0.1, -0.05) is 0 Å². The lowest BCUT2D eigenvalue weighted by molar-refractivity contribution is -0.384. The minimum absolute atomic E-state index is 0.0644. The van der Waals surface area contributed by atoms with Crippen molar-refractivity contribution in [3.05, 3.63) is 39.9 Å². The Kier molecular flexibility index (Phi) is 2.35. The lowest BCUT2D eigenvalue weighted by atomic mass is 10.2. The molecule has 1 saturated heterocycles. The molecule has 1 atom stereocenters. The van der Waals surface area contributed by atoms with E-state index in [0.717, 1.165) is 0 Å². The molecule has 0 spiro atoms. The number of benzene rings is 1. The molecule has 0 N–H and O–H groups in total. The van der Waals surface area contributed by atoms with E-state index in [9.17, 15) is 14.9 Å². The van der Waals surface area contributed by atoms with Crippen LogP contribution >= 0.6 is 0 Å². The van der Waals surface area contributed by atoms with Crippen LogP contribution in [0.5, 0.6) is 0 Å². The molecular weight excluding hydrogens is 214 g/mol. The number of nitro groups is 1. The standard InChI is InChI=1S/C10H9NO5/c1-10(6-15-10)16-9(12)7-2-4-8(5-3-7)11(13)14/h2-5H,6H2,1H3/t10-/m0/s1. The molecule has 0 amide bonds. The summed E-state index contributed by atoms with van der Waals surface area (Å²) in [5.74, 6) is -1.37. The number of hydrogen-bond acceptors (Lipinski definition) is 5. The molecular formula is C10H9NO5. The second-order valence-electron chi connectivity index (χ2n) is 3.62. The van der Waals surface area contributed by atoms with Gasteiger partial charge in [0, 0.05) is 19.1 Å². The van der Waals surface area contributed by atoms with E-state index < -0.39 is 16.7 Å². The Morgan fingerprint density at radius 3 is 2.50 bits per heavy atom. The molecule has 1 heterocycles. The van der Waals surface area contributed by atoms with E-state index in [4.69, 9.17) is 9.47 Å². The number of carbonyl (C=O) groups is 1. The summed E-state index contributed by atoms with van der Waals surface area (Å²) in [5.41, 5.74) is 0.202. The zero-order chi connectivity index (χ0) is 11.8. The molecule has 0 aliphatic carbocycles. The van der Waals surface area contributed by atoms with Crippen LogP contribution in [-0.2, 0) is 9.47 Å². The van der Waals surface area contributed by atoms with Gasteiger partial charge in [-0.3, -0.25) is 10.1 Å². The van der Waals surface area contributed by atoms with Gasteiger partial charge in [-0.25, -0.2) is 4.79 Å². The average Bonchev–Trinajstić information content (AvgIpc) is 2.96. The highest BCUT2D eigenvalue weighted by Crippen LogP contribution is 2.28. The summed E-state index contributed by atoms with van der Waals surface area (Å²) in [6.07, 6.45) is 0. The van der Waals surface area contributed by atoms with Gasteiger partial charge in [0.15, 0.2) is 0 Å². The molecule has 1 fully saturated rings. The van der Waals surface area contributed by atoms with Crippen LogP contribution in [0, 0.1) is 10.1 Å². The minimum Gasteiger partial charge on any atom is -0.427 e. The summed E-state index contributed by atoms with van der Waals surface area (Å²) in [7, 11) is 0. The third-order valence-corrected chi connectivity index (χ3v) is 2.17. The first-order valence-corrected chi connectivity index (χ1v) is 4.62. The van der Waals surface area contributed by atoms with Gasteiger partial charge in [-0.15, -0.1) is 0 Å². The molecule has 1 aromatic carbocycles. The monoisotopic (exact) mass is 223 g/mol. The maximum atomic E-state index is 11.5. The Balaban J connectivity index is 2.09. The number of hydrogen-bond donors (Lipinski definition) is 0. The van der Waals surface area contributed by atoms with Crippen molar-refractivity contribution in [3.8, 4) is 0 Å². The molecule has 1 aliphatic rings. The van der Waals surface area contributed by atoms with Crippen molar-refractivity contribution in [2.75, 3.05) is 6.61 Å². The van der Waals surface area contributed by atoms with Crippen molar-refractivity contribution >= 4 is 11.7 Å². The number of epoxide rings is 1. The molecule has 0 radical (unpaired) electrons. The topological polar surface area (TPSA) is 82.0 Å². The fourth-order valence-corrected chi connectivity index (χ4v) is 1.13. The van der Waals surface area contributed by atoms with Crippen LogP contribution in [0.2, 0.25) is 0 Å². The van der Waals surface area contributed by atoms with E-state index in [0.29, 0.717) is 6.61 Å². The number of nitrogens with zero attached hydrogens (tertiary/aromatic N) is 1. The number of carbonyl (C=O) groups excluding carboxylic acids is 1. The second kappa shape index (κ2) is 3.57. The molecule has 0 saturated carbocycles. The van der Waals surface area contributed by atoms with Gasteiger partial charge >= 0.3 is 5.97 Å². The number of ether oxygens (including phenoxy) is 2. The Morgan fingerprint density at radius 1 is 1.50 bits per heavy atom. The van der Waals surface area contributed by atoms with Gasteiger partial charge in [0.25, 0.3) is 5.69 Å². The minimum atomic E-state index is -0.821. The fourth-order valence-electron chi connectivity index (χ4n) is 1.13. The summed E-state index contributed by atoms with van der Waals surface area (Å²) in [5, 5.41) is 10.4. The summed E-state index contributed by atoms with van der Waals surface area (Å²) in [4.78, 5) is 21.4. The van der Waals surface area contributed by atoms with Crippen LogP contribution in [0.15, 0.2) is 24.3 Å². The Labute approximate surface area is 90.9 Å². The average molecular weight is 223 g/mol. The Morgan fingerprint density at radius 2 is 2.06 bits per heavy atom. The largest absolute Gasteiger partial charge is 0.427 e. The van der Waals surface area contributed by atoms with Crippen LogP contribution in [0.1, 0.15) is 17.3 Å². The first-order chi connectivity index (χ1) is 7.50. The van der Waals surface area contributed by atoms with Crippen LogP contribution in [0.3, 0.4) is 0 Å². The zero-order valence-electron chi connectivity index (χ0n) is 8.50. The highest BCUT2D eigenvalue weighted by molar-refractivity contribution is 5.90. The van der Waals surface area contributed by atoms with E-state index >= 15 is 0 Å². The van der Waals surface area contributed by atoms with Gasteiger partial charge in [0.2, 0.25) is 5.79 Å². The SMILES string of the molecule is C[C@]1(OC(=O)c2ccc([N+](=O)[O-])cc2)CO1. The smallest absolute Gasteiger partial charge is 0.340 e. The summed E-state index contributed by atoms with van der Waals surface area (Å²) in [6, 6.07) is 5.22. The van der Waals surface area contributed by atoms with E-state index in [1.165, 1.54) is 24.3 Å². The van der Waals surface area contributed by atoms with Crippen LogP contribution in [0.4, 0.5) is 5.69 Å². The highest BCUT2D eigenvalue weighted by Gasteiger charge is 2.44. The molecule has 6 nitrogen and oxygen atoms in total. The molecule has 6 heteroatoms. The fraction of sp³-hybridized carbons (Fsp3) is 0.300. The lowest BCUT2D eigenvalue weighted by Gasteiger charge is -2.07. The molecule has 2 rings (SSSR count). The van der Waals surface area contributed by atoms with Crippen molar-refractivity contribution < 1.29 is 19.2 Å². The Bertz CT molecular complexity index is 435. The second-order valence-corrected chi connectivity index (χ2v) is 3.62. The van der Waals surface area contributed by atoms with Gasteiger partial charge in [0.1, 0.15) is 6.61 Å². The van der Waals surface area contributed by atoms with Gasteiger partial charge in [-0.05, 0) is 12.1 Å². The third-order valence-electron chi connectivity index (χ3n) is 2.17. The normalized spacial score (nSPS) is 22.6. The molecule has 0 bridgehead atoms. The summed E-state index contributed by atoms with van der Waals surface area (Å²) < 4.78 is 9.90. The van der Waals surface area contributed by atoms with E-state index in [-0.39, 0.29) is 11.3 Å². The summed E-state index contributed by atoms with van der Waals surface area (Å²) in [6.45, 7) is 2.03. The molecule has 0 aromatic heterocycles. The summed E-state index contributed by atoms with van der Waals surface area (Å²) >= 11 is 0. The molecule has 0 unspecified atom stereocenters. The molecule has 84 valence electrons. The molecule has 1 aromatic rings. The lowest BCUT2D eigenvalue weighted by Crippen LogP contribution is -2.17. The van der Waals surface area contributed by atoms with Gasteiger partial charge < -0.3 is 9.47 Å². The Hall–Kier alpha value is -1.95. The molecule has 16 heavy (non-hydrogen) atoms. The van der Waals surface area contributed by atoms with Crippen molar-refractivity contribution in [2.24, 2.45) is 0 Å². The molecule has 1 aliphatic heterocycles. The van der Waals surface area contributed by atoms with Gasteiger partial charge in [-0.2, -0.15) is 0 Å². The quantitative estimate of drug-likeness (QED) is 0.335. The maximum absolute atomic E-state index is 11.5. The van der Waals surface area contributed by atoms with Crippen molar-refractivity contribution in [1.82, 2.24) is 0 Å². The van der Waals surface area contributed by atoms with Crippen molar-refractivity contribution in [3.63, 3.8) is 0 Å². The van der Waals surface area contributed by atoms with Crippen LogP contribution in [-0.4, -0.2) is 23.3 Å². The van der Waals surface area contributed by atoms with E-state index in [1.54, 1.807) is 6.92 Å². The zero-order valence-corrected chi connectivity index (χ0v) is 8.50. The van der Waals surface area contributed by atoms with Crippen LogP contribution < -0.4 is 0 Å². The maximum Gasteiger partial charge on any atom is 0.340 e. The predicted molar refractivity (Wildman–Crippen MR) is 52.9 cm³/mol. The van der Waals surface area contributed by atoms with E-state index in [2.05, 4.69) is 0 Å². The van der Waals surface area contributed by atoms with Crippen molar-refractivity contribution in [2.45, 2.75) is 12.7 Å². The van der Waals surface area contributed by atoms with Crippen molar-refractivity contribution in [1.29, 1.82) is 0 Å². The number of rotatable bonds is 3. The predicted octanol–water partition coefficient (Wildman–Crippen LogP) is 1.50. The highest BCUT2D eigenvalue weighted by atomic mass is 16.8. The third kappa shape index (κ3) is 2.17.